The zero-order valence-electron chi connectivity index (χ0n) is 11.1. The molecule has 6 heteroatoms. The van der Waals surface area contributed by atoms with Crippen molar-refractivity contribution in [3.63, 3.8) is 0 Å². The largest absolute Gasteiger partial charge is 0.395 e. The van der Waals surface area contributed by atoms with Crippen molar-refractivity contribution in [2.24, 2.45) is 0 Å². The second kappa shape index (κ2) is 7.93. The Kier molecular flexibility index (Phi) is 5.93. The second-order valence-corrected chi connectivity index (χ2v) is 5.94. The van der Waals surface area contributed by atoms with Crippen LogP contribution in [0.3, 0.4) is 0 Å². The first-order valence-corrected chi connectivity index (χ1v) is 7.94. The van der Waals surface area contributed by atoms with E-state index in [9.17, 15) is 4.79 Å². The Labute approximate surface area is 135 Å². The van der Waals surface area contributed by atoms with Crippen molar-refractivity contribution in [3.05, 3.63) is 50.4 Å². The third-order valence-electron chi connectivity index (χ3n) is 2.57. The lowest BCUT2D eigenvalue weighted by Gasteiger charge is -2.03. The number of hydrogen-bond donors (Lipinski definition) is 2. The van der Waals surface area contributed by atoms with Gasteiger partial charge in [0.05, 0.1) is 13.2 Å². The SMILES string of the molecule is O=C(NCc1sccc1Br)c1ccc(C#CCCO)cn1. The number of nitrogens with one attached hydrogen (secondary N) is 1. The van der Waals surface area contributed by atoms with E-state index < -0.39 is 0 Å². The molecule has 0 saturated carbocycles. The molecule has 0 aliphatic heterocycles. The molecule has 4 nitrogen and oxygen atoms in total. The highest BCUT2D eigenvalue weighted by atomic mass is 79.9. The van der Waals surface area contributed by atoms with Crippen molar-refractivity contribution < 1.29 is 9.90 Å². The van der Waals surface area contributed by atoms with Crippen LogP contribution in [-0.2, 0) is 6.54 Å². The average molecular weight is 365 g/mol. The van der Waals surface area contributed by atoms with Crippen LogP contribution < -0.4 is 5.32 Å². The lowest BCUT2D eigenvalue weighted by atomic mass is 10.2. The summed E-state index contributed by atoms with van der Waals surface area (Å²) in [7, 11) is 0. The Morgan fingerprint density at radius 1 is 1.43 bits per heavy atom. The van der Waals surface area contributed by atoms with Crippen molar-refractivity contribution in [1.29, 1.82) is 0 Å². The van der Waals surface area contributed by atoms with E-state index in [4.69, 9.17) is 5.11 Å². The van der Waals surface area contributed by atoms with Gasteiger partial charge in [0, 0.05) is 27.5 Å². The Morgan fingerprint density at radius 2 is 2.29 bits per heavy atom. The minimum absolute atomic E-state index is 0.0409. The number of thiophene rings is 1. The molecule has 2 N–H and O–H groups in total. The number of carbonyl (C=O) groups excluding carboxylic acids is 1. The maximum atomic E-state index is 12.0. The molecule has 0 aromatic carbocycles. The molecular weight excluding hydrogens is 352 g/mol. The molecule has 0 unspecified atom stereocenters. The van der Waals surface area contributed by atoms with Crippen LogP contribution in [0, 0.1) is 11.8 Å². The van der Waals surface area contributed by atoms with Crippen LogP contribution in [0.1, 0.15) is 27.3 Å². The monoisotopic (exact) mass is 364 g/mol. The van der Waals surface area contributed by atoms with Gasteiger partial charge in [0.25, 0.3) is 5.91 Å². The number of hydrogen-bond acceptors (Lipinski definition) is 4. The number of aliphatic hydroxyl groups excluding tert-OH is 1. The zero-order chi connectivity index (χ0) is 15.1. The fourth-order valence-corrected chi connectivity index (χ4v) is 2.96. The molecule has 0 aliphatic carbocycles. The minimum Gasteiger partial charge on any atom is -0.395 e. The van der Waals surface area contributed by atoms with Crippen LogP contribution in [0.15, 0.2) is 34.2 Å². The normalized spacial score (nSPS) is 9.81. The van der Waals surface area contributed by atoms with Gasteiger partial charge in [-0.3, -0.25) is 4.79 Å². The Hall–Kier alpha value is -1.68. The number of aromatic nitrogens is 1. The summed E-state index contributed by atoms with van der Waals surface area (Å²) in [6, 6.07) is 5.33. The molecular formula is C15H13BrN2O2S. The van der Waals surface area contributed by atoms with Crippen LogP contribution in [0.4, 0.5) is 0 Å². The van der Waals surface area contributed by atoms with Crippen molar-refractivity contribution in [2.45, 2.75) is 13.0 Å². The number of pyridine rings is 1. The van der Waals surface area contributed by atoms with Gasteiger partial charge in [-0.2, -0.15) is 0 Å². The van der Waals surface area contributed by atoms with E-state index in [1.54, 1.807) is 29.7 Å². The number of aliphatic hydroxyl groups is 1. The van der Waals surface area contributed by atoms with Gasteiger partial charge in [0.1, 0.15) is 5.69 Å². The summed E-state index contributed by atoms with van der Waals surface area (Å²) in [6.07, 6.45) is 1.98. The quantitative estimate of drug-likeness (QED) is 0.819. The molecule has 0 fully saturated rings. The number of rotatable bonds is 4. The first kappa shape index (κ1) is 15.7. The molecule has 0 atom stereocenters. The van der Waals surface area contributed by atoms with Crippen LogP contribution in [0.5, 0.6) is 0 Å². The fourth-order valence-electron chi connectivity index (χ4n) is 1.52. The van der Waals surface area contributed by atoms with Crippen molar-refractivity contribution in [2.75, 3.05) is 6.61 Å². The summed E-state index contributed by atoms with van der Waals surface area (Å²) in [6.45, 7) is 0.510. The van der Waals surface area contributed by atoms with Crippen molar-refractivity contribution >= 4 is 33.2 Å². The standard InChI is InChI=1S/C15H13BrN2O2S/c16-12-6-8-21-14(12)10-18-15(20)13-5-4-11(9-17-13)3-1-2-7-19/h4-6,8-9,19H,2,7,10H2,(H,18,20). The average Bonchev–Trinajstić information content (AvgIpc) is 2.91. The highest BCUT2D eigenvalue weighted by Crippen LogP contribution is 2.22. The number of carbonyl (C=O) groups is 1. The summed E-state index contributed by atoms with van der Waals surface area (Å²) in [5.74, 6) is 5.45. The second-order valence-electron chi connectivity index (χ2n) is 4.08. The van der Waals surface area contributed by atoms with Crippen molar-refractivity contribution in [3.8, 4) is 11.8 Å². The minimum atomic E-state index is -0.217. The molecule has 2 rings (SSSR count). The summed E-state index contributed by atoms with van der Waals surface area (Å²) in [5.41, 5.74) is 1.08. The third-order valence-corrected chi connectivity index (χ3v) is 4.49. The predicted octanol–water partition coefficient (Wildman–Crippen LogP) is 2.57. The third kappa shape index (κ3) is 4.67. The summed E-state index contributed by atoms with van der Waals surface area (Å²) in [4.78, 5) is 17.1. The topological polar surface area (TPSA) is 62.2 Å². The van der Waals surface area contributed by atoms with Gasteiger partial charge in [0.2, 0.25) is 0 Å². The lowest BCUT2D eigenvalue weighted by molar-refractivity contribution is 0.0946. The first-order chi connectivity index (χ1) is 10.2. The highest BCUT2D eigenvalue weighted by molar-refractivity contribution is 9.10. The Morgan fingerprint density at radius 3 is 2.90 bits per heavy atom. The van der Waals surface area contributed by atoms with E-state index in [1.165, 1.54) is 0 Å². The molecule has 0 bridgehead atoms. The van der Waals surface area contributed by atoms with E-state index in [0.29, 0.717) is 18.7 Å². The smallest absolute Gasteiger partial charge is 0.270 e. The van der Waals surface area contributed by atoms with Gasteiger partial charge in [-0.05, 0) is 39.5 Å². The molecule has 2 aromatic heterocycles. The van der Waals surface area contributed by atoms with Crippen LogP contribution >= 0.6 is 27.3 Å². The van der Waals surface area contributed by atoms with E-state index >= 15 is 0 Å². The summed E-state index contributed by atoms with van der Waals surface area (Å²) < 4.78 is 0.996. The first-order valence-electron chi connectivity index (χ1n) is 6.26. The van der Waals surface area contributed by atoms with E-state index in [-0.39, 0.29) is 12.5 Å². The number of nitrogens with zero attached hydrogens (tertiary/aromatic N) is 1. The highest BCUT2D eigenvalue weighted by Gasteiger charge is 2.08. The summed E-state index contributed by atoms with van der Waals surface area (Å²) in [5, 5.41) is 13.4. The lowest BCUT2D eigenvalue weighted by Crippen LogP contribution is -2.23. The molecule has 0 spiro atoms. The Bertz CT molecular complexity index is 671. The predicted molar refractivity (Wildman–Crippen MR) is 86.0 cm³/mol. The van der Waals surface area contributed by atoms with E-state index in [1.807, 2.05) is 11.4 Å². The van der Waals surface area contributed by atoms with E-state index in [2.05, 4.69) is 38.1 Å². The number of amides is 1. The summed E-state index contributed by atoms with van der Waals surface area (Å²) >= 11 is 5.00. The fraction of sp³-hybridized carbons (Fsp3) is 0.200. The maximum absolute atomic E-state index is 12.0. The van der Waals surface area contributed by atoms with Crippen molar-refractivity contribution in [1.82, 2.24) is 10.3 Å². The number of halogens is 1. The molecule has 2 aromatic rings. The molecule has 1 amide bonds. The maximum Gasteiger partial charge on any atom is 0.270 e. The molecule has 2 heterocycles. The van der Waals surface area contributed by atoms with Gasteiger partial charge in [-0.1, -0.05) is 11.8 Å². The van der Waals surface area contributed by atoms with Crippen LogP contribution in [-0.4, -0.2) is 22.6 Å². The van der Waals surface area contributed by atoms with Crippen LogP contribution in [0.2, 0.25) is 0 Å². The van der Waals surface area contributed by atoms with E-state index in [0.717, 1.165) is 14.9 Å². The zero-order valence-corrected chi connectivity index (χ0v) is 13.5. The van der Waals surface area contributed by atoms with Gasteiger partial charge in [-0.15, -0.1) is 11.3 Å². The van der Waals surface area contributed by atoms with Gasteiger partial charge >= 0.3 is 0 Å². The molecule has 108 valence electrons. The van der Waals surface area contributed by atoms with Gasteiger partial charge < -0.3 is 10.4 Å². The Balaban J connectivity index is 1.94. The molecule has 21 heavy (non-hydrogen) atoms. The molecule has 0 aliphatic rings. The van der Waals surface area contributed by atoms with Gasteiger partial charge in [-0.25, -0.2) is 4.98 Å². The molecule has 0 radical (unpaired) electrons. The van der Waals surface area contributed by atoms with Crippen LogP contribution in [0.25, 0.3) is 0 Å². The molecule has 0 saturated heterocycles. The van der Waals surface area contributed by atoms with Gasteiger partial charge in [0.15, 0.2) is 0 Å².